The van der Waals surface area contributed by atoms with Crippen LogP contribution >= 0.6 is 0 Å². The predicted octanol–water partition coefficient (Wildman–Crippen LogP) is -1.54. The van der Waals surface area contributed by atoms with Gasteiger partial charge in [-0.1, -0.05) is 0 Å². The van der Waals surface area contributed by atoms with Gasteiger partial charge in [0.15, 0.2) is 0 Å². The van der Waals surface area contributed by atoms with Gasteiger partial charge >= 0.3 is 11.9 Å². The lowest BCUT2D eigenvalue weighted by atomic mass is 10.0. The standard InChI is InChI=1S/C6H8O6/c1-5(3(7)8)2-6(10,11)4(9)12-5/h10-11H,2H2,1H3,(H,7,8). The summed E-state index contributed by atoms with van der Waals surface area (Å²) in [4.78, 5) is 21.1. The minimum Gasteiger partial charge on any atom is -0.478 e. The molecule has 12 heavy (non-hydrogen) atoms. The first-order valence-electron chi connectivity index (χ1n) is 3.19. The van der Waals surface area contributed by atoms with Gasteiger partial charge in [0.1, 0.15) is 0 Å². The van der Waals surface area contributed by atoms with Crippen molar-refractivity contribution >= 4 is 11.9 Å². The number of hydrogen-bond donors (Lipinski definition) is 3. The quantitative estimate of drug-likeness (QED) is 0.330. The third-order valence-electron chi connectivity index (χ3n) is 1.68. The zero-order valence-electron chi connectivity index (χ0n) is 6.27. The highest BCUT2D eigenvalue weighted by Gasteiger charge is 2.57. The van der Waals surface area contributed by atoms with Crippen LogP contribution in [-0.2, 0) is 14.3 Å². The molecule has 0 bridgehead atoms. The van der Waals surface area contributed by atoms with E-state index < -0.39 is 29.7 Å². The molecule has 1 fully saturated rings. The molecule has 1 aliphatic rings. The van der Waals surface area contributed by atoms with E-state index in [1.54, 1.807) is 0 Å². The van der Waals surface area contributed by atoms with Crippen LogP contribution in [0, 0.1) is 0 Å². The van der Waals surface area contributed by atoms with Gasteiger partial charge in [-0.25, -0.2) is 9.59 Å². The molecule has 6 nitrogen and oxygen atoms in total. The first-order valence-corrected chi connectivity index (χ1v) is 3.19. The van der Waals surface area contributed by atoms with E-state index in [-0.39, 0.29) is 0 Å². The smallest absolute Gasteiger partial charge is 0.367 e. The topological polar surface area (TPSA) is 104 Å². The number of ether oxygens (including phenoxy) is 1. The van der Waals surface area contributed by atoms with E-state index in [2.05, 4.69) is 4.74 Å². The molecule has 0 aromatic carbocycles. The molecule has 0 saturated carbocycles. The lowest BCUT2D eigenvalue weighted by molar-refractivity contribution is -0.190. The second-order valence-electron chi connectivity index (χ2n) is 2.92. The number of aliphatic hydroxyl groups is 2. The third kappa shape index (κ3) is 1.15. The fourth-order valence-electron chi connectivity index (χ4n) is 0.984. The number of aliphatic carboxylic acids is 1. The van der Waals surface area contributed by atoms with Gasteiger partial charge in [-0.15, -0.1) is 0 Å². The SMILES string of the molecule is CC1(C(=O)O)CC(O)(O)C(=O)O1. The van der Waals surface area contributed by atoms with Gasteiger partial charge in [0.25, 0.3) is 5.79 Å². The van der Waals surface area contributed by atoms with E-state index >= 15 is 0 Å². The predicted molar refractivity (Wildman–Crippen MR) is 33.9 cm³/mol. The number of cyclic esters (lactones) is 1. The van der Waals surface area contributed by atoms with Gasteiger partial charge in [0.2, 0.25) is 5.60 Å². The van der Waals surface area contributed by atoms with Crippen molar-refractivity contribution in [1.29, 1.82) is 0 Å². The van der Waals surface area contributed by atoms with Crippen molar-refractivity contribution in [3.63, 3.8) is 0 Å². The van der Waals surface area contributed by atoms with Crippen molar-refractivity contribution in [1.82, 2.24) is 0 Å². The number of carboxylic acids is 1. The van der Waals surface area contributed by atoms with Gasteiger partial charge < -0.3 is 20.1 Å². The third-order valence-corrected chi connectivity index (χ3v) is 1.68. The van der Waals surface area contributed by atoms with E-state index in [1.807, 2.05) is 0 Å². The summed E-state index contributed by atoms with van der Waals surface area (Å²) in [5.41, 5.74) is -1.83. The van der Waals surface area contributed by atoms with E-state index in [9.17, 15) is 9.59 Å². The summed E-state index contributed by atoms with van der Waals surface area (Å²) in [6.07, 6.45) is -0.659. The summed E-state index contributed by atoms with van der Waals surface area (Å²) in [5, 5.41) is 26.3. The zero-order valence-corrected chi connectivity index (χ0v) is 6.27. The normalized spacial score (nSPS) is 33.1. The average Bonchev–Trinajstić information content (AvgIpc) is 2.03. The molecule has 1 atom stereocenters. The van der Waals surface area contributed by atoms with E-state index in [4.69, 9.17) is 15.3 Å². The molecule has 1 saturated heterocycles. The Hall–Kier alpha value is -1.14. The monoisotopic (exact) mass is 176 g/mol. The number of carbonyl (C=O) groups is 2. The van der Waals surface area contributed by atoms with Crippen molar-refractivity contribution in [2.75, 3.05) is 0 Å². The summed E-state index contributed by atoms with van der Waals surface area (Å²) in [6.45, 7) is 1.10. The number of carbonyl (C=O) groups excluding carboxylic acids is 1. The molecule has 0 aromatic heterocycles. The first-order chi connectivity index (χ1) is 5.28. The zero-order chi connectivity index (χ0) is 9.57. The summed E-state index contributed by atoms with van der Waals surface area (Å²) < 4.78 is 4.29. The Balaban J connectivity index is 2.92. The van der Waals surface area contributed by atoms with Crippen LogP contribution in [0.5, 0.6) is 0 Å². The van der Waals surface area contributed by atoms with Crippen molar-refractivity contribution in [2.24, 2.45) is 0 Å². The Labute approximate surface area is 67.4 Å². The van der Waals surface area contributed by atoms with Crippen molar-refractivity contribution in [3.8, 4) is 0 Å². The molecule has 68 valence electrons. The molecular formula is C6H8O6. The highest BCUT2D eigenvalue weighted by Crippen LogP contribution is 2.32. The van der Waals surface area contributed by atoms with E-state index in [1.165, 1.54) is 0 Å². The molecule has 1 unspecified atom stereocenters. The van der Waals surface area contributed by atoms with Crippen LogP contribution in [0.15, 0.2) is 0 Å². The molecular weight excluding hydrogens is 168 g/mol. The summed E-state index contributed by atoms with van der Waals surface area (Å²) in [6, 6.07) is 0. The fraction of sp³-hybridized carbons (Fsp3) is 0.667. The lowest BCUT2D eigenvalue weighted by Gasteiger charge is -2.15. The molecule has 3 N–H and O–H groups in total. The molecule has 0 aliphatic carbocycles. The summed E-state index contributed by atoms with van der Waals surface area (Å²) in [7, 11) is 0. The maximum Gasteiger partial charge on any atom is 0.367 e. The number of carboxylic acid groups (broad SMARTS) is 1. The molecule has 0 amide bonds. The molecule has 0 spiro atoms. The molecule has 1 rings (SSSR count). The van der Waals surface area contributed by atoms with E-state index in [0.717, 1.165) is 6.92 Å². The number of hydrogen-bond acceptors (Lipinski definition) is 5. The molecule has 0 aromatic rings. The van der Waals surface area contributed by atoms with Crippen molar-refractivity contribution in [2.45, 2.75) is 24.7 Å². The maximum atomic E-state index is 10.6. The van der Waals surface area contributed by atoms with Crippen LogP contribution in [0.2, 0.25) is 0 Å². The molecule has 1 heterocycles. The van der Waals surface area contributed by atoms with E-state index in [0.29, 0.717) is 0 Å². The Morgan fingerprint density at radius 1 is 1.58 bits per heavy atom. The number of rotatable bonds is 1. The fourth-order valence-corrected chi connectivity index (χ4v) is 0.984. The first kappa shape index (κ1) is 8.95. The largest absolute Gasteiger partial charge is 0.478 e. The van der Waals surface area contributed by atoms with Crippen molar-refractivity contribution in [3.05, 3.63) is 0 Å². The lowest BCUT2D eigenvalue weighted by Crippen LogP contribution is -2.37. The van der Waals surface area contributed by atoms with Gasteiger partial charge in [-0.3, -0.25) is 0 Å². The second kappa shape index (κ2) is 2.18. The van der Waals surface area contributed by atoms with Gasteiger partial charge in [-0.2, -0.15) is 0 Å². The average molecular weight is 176 g/mol. The van der Waals surface area contributed by atoms with Crippen LogP contribution < -0.4 is 0 Å². The van der Waals surface area contributed by atoms with Gasteiger partial charge in [-0.05, 0) is 6.92 Å². The molecule has 6 heteroatoms. The Morgan fingerprint density at radius 2 is 2.08 bits per heavy atom. The minimum atomic E-state index is -2.67. The second-order valence-corrected chi connectivity index (χ2v) is 2.92. The Morgan fingerprint density at radius 3 is 2.25 bits per heavy atom. The van der Waals surface area contributed by atoms with Crippen LogP contribution in [0.25, 0.3) is 0 Å². The number of esters is 1. The van der Waals surface area contributed by atoms with Crippen LogP contribution in [0.4, 0.5) is 0 Å². The molecule has 1 aliphatic heterocycles. The maximum absolute atomic E-state index is 10.6. The van der Waals surface area contributed by atoms with Gasteiger partial charge in [0.05, 0.1) is 6.42 Å². The van der Waals surface area contributed by atoms with Crippen LogP contribution in [-0.4, -0.2) is 38.6 Å². The minimum absolute atomic E-state index is 0.659. The van der Waals surface area contributed by atoms with Gasteiger partial charge in [0, 0.05) is 0 Å². The Bertz CT molecular complexity index is 244. The summed E-state index contributed by atoms with van der Waals surface area (Å²) >= 11 is 0. The molecule has 0 radical (unpaired) electrons. The summed E-state index contributed by atoms with van der Waals surface area (Å²) in [5.74, 6) is -5.40. The van der Waals surface area contributed by atoms with Crippen LogP contribution in [0.1, 0.15) is 13.3 Å². The van der Waals surface area contributed by atoms with Crippen LogP contribution in [0.3, 0.4) is 0 Å². The Kier molecular flexibility index (Phi) is 1.62. The highest BCUT2D eigenvalue weighted by atomic mass is 16.6. The highest BCUT2D eigenvalue weighted by molar-refractivity contribution is 5.89. The van der Waals surface area contributed by atoms with Crippen molar-refractivity contribution < 1.29 is 29.6 Å².